The van der Waals surface area contributed by atoms with Crippen molar-refractivity contribution in [1.29, 1.82) is 0 Å². The maximum absolute atomic E-state index is 14.3. The first-order chi connectivity index (χ1) is 11.6. The van der Waals surface area contributed by atoms with E-state index in [0.29, 0.717) is 17.9 Å². The number of hydrogen-bond acceptors (Lipinski definition) is 5. The van der Waals surface area contributed by atoms with Gasteiger partial charge >= 0.3 is 0 Å². The highest BCUT2D eigenvalue weighted by Gasteiger charge is 2.21. The van der Waals surface area contributed by atoms with Gasteiger partial charge in [0.25, 0.3) is 0 Å². The third-order valence-corrected chi connectivity index (χ3v) is 4.50. The van der Waals surface area contributed by atoms with Gasteiger partial charge in [-0.1, -0.05) is 6.08 Å². The van der Waals surface area contributed by atoms with Gasteiger partial charge in [0, 0.05) is 31.1 Å². The van der Waals surface area contributed by atoms with Crippen LogP contribution in [0.15, 0.2) is 25.0 Å². The SMILES string of the molecule is C=CCc1c(-c2nc(NC3CCC(N)CC3)ncc2F)cnn1C. The van der Waals surface area contributed by atoms with Crippen molar-refractivity contribution in [1.82, 2.24) is 19.7 Å². The van der Waals surface area contributed by atoms with E-state index in [1.807, 2.05) is 7.05 Å². The van der Waals surface area contributed by atoms with Crippen molar-refractivity contribution in [3.05, 3.63) is 36.6 Å². The smallest absolute Gasteiger partial charge is 0.223 e. The number of nitrogens with one attached hydrogen (secondary N) is 1. The van der Waals surface area contributed by atoms with Crippen molar-refractivity contribution in [2.45, 2.75) is 44.2 Å². The summed E-state index contributed by atoms with van der Waals surface area (Å²) in [4.78, 5) is 8.48. The Hall–Kier alpha value is -2.28. The molecule has 6 nitrogen and oxygen atoms in total. The Morgan fingerprint density at radius 1 is 1.38 bits per heavy atom. The molecule has 1 aliphatic carbocycles. The summed E-state index contributed by atoms with van der Waals surface area (Å²) in [5.74, 6) is -0.00944. The molecule has 1 fully saturated rings. The van der Waals surface area contributed by atoms with E-state index in [0.717, 1.165) is 31.4 Å². The van der Waals surface area contributed by atoms with Crippen molar-refractivity contribution in [2.24, 2.45) is 12.8 Å². The summed E-state index contributed by atoms with van der Waals surface area (Å²) in [5, 5.41) is 7.52. The molecule has 0 bridgehead atoms. The highest BCUT2D eigenvalue weighted by molar-refractivity contribution is 5.63. The Balaban J connectivity index is 1.85. The molecule has 2 heterocycles. The molecule has 3 rings (SSSR count). The molecule has 24 heavy (non-hydrogen) atoms. The number of halogens is 1. The van der Waals surface area contributed by atoms with E-state index < -0.39 is 5.82 Å². The molecule has 0 amide bonds. The van der Waals surface area contributed by atoms with Crippen molar-refractivity contribution in [3.63, 3.8) is 0 Å². The van der Waals surface area contributed by atoms with Gasteiger partial charge in [-0.2, -0.15) is 5.10 Å². The predicted octanol–water partition coefficient (Wildman–Crippen LogP) is 2.43. The molecule has 0 aromatic carbocycles. The minimum atomic E-state index is -0.454. The summed E-state index contributed by atoms with van der Waals surface area (Å²) < 4.78 is 16.0. The van der Waals surface area contributed by atoms with Crippen LogP contribution in [-0.2, 0) is 13.5 Å². The molecule has 3 N–H and O–H groups in total. The standard InChI is InChI=1S/C17H23FN6/c1-3-4-15-13(9-21-24(15)2)16-14(18)10-20-17(23-16)22-12-7-5-11(19)6-8-12/h3,9-12H,1,4-8,19H2,2H3,(H,20,22,23). The second-order valence-electron chi connectivity index (χ2n) is 6.27. The Kier molecular flexibility index (Phi) is 4.89. The minimum absolute atomic E-state index is 0.268. The lowest BCUT2D eigenvalue weighted by Gasteiger charge is -2.26. The summed E-state index contributed by atoms with van der Waals surface area (Å²) in [6.45, 7) is 3.74. The number of allylic oxidation sites excluding steroid dienone is 1. The molecule has 1 aliphatic rings. The maximum Gasteiger partial charge on any atom is 0.223 e. The van der Waals surface area contributed by atoms with Gasteiger partial charge in [-0.3, -0.25) is 4.68 Å². The zero-order valence-corrected chi connectivity index (χ0v) is 13.9. The molecule has 0 spiro atoms. The molecule has 0 unspecified atom stereocenters. The maximum atomic E-state index is 14.3. The first kappa shape index (κ1) is 16.6. The molecule has 0 radical (unpaired) electrons. The molecule has 2 aromatic rings. The highest BCUT2D eigenvalue weighted by atomic mass is 19.1. The fourth-order valence-corrected chi connectivity index (χ4v) is 3.11. The summed E-state index contributed by atoms with van der Waals surface area (Å²) in [5.41, 5.74) is 7.74. The third kappa shape index (κ3) is 3.46. The van der Waals surface area contributed by atoms with Crippen LogP contribution in [0.4, 0.5) is 10.3 Å². The number of hydrogen-bond donors (Lipinski definition) is 2. The second kappa shape index (κ2) is 7.09. The molecule has 0 atom stereocenters. The van der Waals surface area contributed by atoms with Crippen LogP contribution in [0.1, 0.15) is 31.4 Å². The van der Waals surface area contributed by atoms with Gasteiger partial charge in [-0.25, -0.2) is 14.4 Å². The Morgan fingerprint density at radius 3 is 2.83 bits per heavy atom. The van der Waals surface area contributed by atoms with Crippen LogP contribution >= 0.6 is 0 Å². The van der Waals surface area contributed by atoms with Gasteiger partial charge in [0.05, 0.1) is 18.1 Å². The summed E-state index contributed by atoms with van der Waals surface area (Å²) in [6.07, 6.45) is 9.13. The summed E-state index contributed by atoms with van der Waals surface area (Å²) in [7, 11) is 1.83. The van der Waals surface area contributed by atoms with Crippen molar-refractivity contribution < 1.29 is 4.39 Å². The van der Waals surface area contributed by atoms with E-state index >= 15 is 0 Å². The molecule has 7 heteroatoms. The van der Waals surface area contributed by atoms with Gasteiger partial charge in [-0.05, 0) is 25.7 Å². The zero-order chi connectivity index (χ0) is 17.1. The fraction of sp³-hybridized carbons (Fsp3) is 0.471. The van der Waals surface area contributed by atoms with Gasteiger partial charge in [0.2, 0.25) is 5.95 Å². The number of nitrogens with two attached hydrogens (primary N) is 1. The van der Waals surface area contributed by atoms with Crippen LogP contribution in [0.2, 0.25) is 0 Å². The van der Waals surface area contributed by atoms with Gasteiger partial charge in [0.1, 0.15) is 5.69 Å². The number of aryl methyl sites for hydroxylation is 1. The minimum Gasteiger partial charge on any atom is -0.351 e. The highest BCUT2D eigenvalue weighted by Crippen LogP contribution is 2.26. The van der Waals surface area contributed by atoms with Gasteiger partial charge < -0.3 is 11.1 Å². The monoisotopic (exact) mass is 330 g/mol. The average Bonchev–Trinajstić information content (AvgIpc) is 2.93. The molecule has 0 saturated heterocycles. The lowest BCUT2D eigenvalue weighted by atomic mass is 9.92. The van der Waals surface area contributed by atoms with E-state index in [1.54, 1.807) is 17.0 Å². The first-order valence-electron chi connectivity index (χ1n) is 8.25. The number of aromatic nitrogens is 4. The van der Waals surface area contributed by atoms with Gasteiger partial charge in [0.15, 0.2) is 5.82 Å². The molecule has 0 aliphatic heterocycles. The number of nitrogens with zero attached hydrogens (tertiary/aromatic N) is 4. The Labute approximate surface area is 141 Å². The molecule has 1 saturated carbocycles. The summed E-state index contributed by atoms with van der Waals surface area (Å²) in [6, 6.07) is 0.564. The van der Waals surface area contributed by atoms with Crippen molar-refractivity contribution >= 4 is 5.95 Å². The van der Waals surface area contributed by atoms with Gasteiger partial charge in [-0.15, -0.1) is 6.58 Å². The number of anilines is 1. The Bertz CT molecular complexity index is 718. The lowest BCUT2D eigenvalue weighted by molar-refractivity contribution is 0.409. The fourth-order valence-electron chi connectivity index (χ4n) is 3.11. The average molecular weight is 330 g/mol. The summed E-state index contributed by atoms with van der Waals surface area (Å²) >= 11 is 0. The van der Waals surface area contributed by atoms with E-state index in [9.17, 15) is 4.39 Å². The predicted molar refractivity (Wildman–Crippen MR) is 91.9 cm³/mol. The zero-order valence-electron chi connectivity index (χ0n) is 13.9. The van der Waals surface area contributed by atoms with E-state index in [4.69, 9.17) is 5.73 Å². The van der Waals surface area contributed by atoms with E-state index in [2.05, 4.69) is 27.0 Å². The van der Waals surface area contributed by atoms with Crippen LogP contribution in [0.25, 0.3) is 11.3 Å². The quantitative estimate of drug-likeness (QED) is 0.823. The largest absolute Gasteiger partial charge is 0.351 e. The van der Waals surface area contributed by atoms with Crippen molar-refractivity contribution in [2.75, 3.05) is 5.32 Å². The van der Waals surface area contributed by atoms with Crippen molar-refractivity contribution in [3.8, 4) is 11.3 Å². The van der Waals surface area contributed by atoms with Crippen LogP contribution in [0, 0.1) is 5.82 Å². The van der Waals surface area contributed by atoms with E-state index in [-0.39, 0.29) is 17.8 Å². The van der Waals surface area contributed by atoms with Crippen LogP contribution in [0.3, 0.4) is 0 Å². The number of rotatable bonds is 5. The normalized spacial score (nSPS) is 20.8. The second-order valence-corrected chi connectivity index (χ2v) is 6.27. The first-order valence-corrected chi connectivity index (χ1v) is 8.25. The third-order valence-electron chi connectivity index (χ3n) is 4.50. The topological polar surface area (TPSA) is 81.7 Å². The van der Waals surface area contributed by atoms with Crippen LogP contribution in [-0.4, -0.2) is 31.8 Å². The Morgan fingerprint density at radius 2 is 2.12 bits per heavy atom. The van der Waals surface area contributed by atoms with E-state index in [1.165, 1.54) is 6.20 Å². The molecular weight excluding hydrogens is 307 g/mol. The molecule has 2 aromatic heterocycles. The molecule has 128 valence electrons. The lowest BCUT2D eigenvalue weighted by Crippen LogP contribution is -2.33. The van der Waals surface area contributed by atoms with Crippen LogP contribution < -0.4 is 11.1 Å². The molecular formula is C17H23FN6. The van der Waals surface area contributed by atoms with Crippen LogP contribution in [0.5, 0.6) is 0 Å².